The zero-order chi connectivity index (χ0) is 15.5. The first kappa shape index (κ1) is 16.0. The number of sulfonamides is 1. The normalized spacial score (nSPS) is 11.8. The third-order valence-corrected chi connectivity index (χ3v) is 6.14. The molecule has 0 atom stereocenters. The van der Waals surface area contributed by atoms with Gasteiger partial charge in [-0.1, -0.05) is 26.0 Å². The second-order valence-electron chi connectivity index (χ2n) is 5.14. The molecule has 0 bridgehead atoms. The fraction of sp³-hybridized carbons (Fsp3) is 0.333. The van der Waals surface area contributed by atoms with E-state index in [2.05, 4.69) is 18.6 Å². The van der Waals surface area contributed by atoms with E-state index in [1.807, 2.05) is 18.2 Å². The van der Waals surface area contributed by atoms with Crippen LogP contribution >= 0.6 is 11.3 Å². The van der Waals surface area contributed by atoms with E-state index >= 15 is 0 Å². The Bertz CT molecular complexity index is 689. The van der Waals surface area contributed by atoms with Crippen molar-refractivity contribution in [3.8, 4) is 0 Å². The number of nitrogens with one attached hydrogen (secondary N) is 1. The van der Waals surface area contributed by atoms with E-state index in [9.17, 15) is 8.42 Å². The highest BCUT2D eigenvalue weighted by molar-refractivity contribution is 7.94. The summed E-state index contributed by atoms with van der Waals surface area (Å²) in [5.41, 5.74) is 7.24. The Morgan fingerprint density at radius 3 is 2.38 bits per heavy atom. The van der Waals surface area contributed by atoms with Crippen molar-refractivity contribution < 1.29 is 8.42 Å². The maximum Gasteiger partial charge on any atom is 0.271 e. The number of hydrogen-bond acceptors (Lipinski definition) is 4. The van der Waals surface area contributed by atoms with Crippen LogP contribution in [-0.4, -0.2) is 15.0 Å². The van der Waals surface area contributed by atoms with Gasteiger partial charge < -0.3 is 5.73 Å². The van der Waals surface area contributed by atoms with Crippen LogP contribution in [0.3, 0.4) is 0 Å². The van der Waals surface area contributed by atoms with Crippen molar-refractivity contribution in [3.63, 3.8) is 0 Å². The molecule has 2 rings (SSSR count). The average Bonchev–Trinajstić information content (AvgIpc) is 2.89. The highest BCUT2D eigenvalue weighted by Gasteiger charge is 2.16. The van der Waals surface area contributed by atoms with Gasteiger partial charge in [0.1, 0.15) is 4.21 Å². The quantitative estimate of drug-likeness (QED) is 0.857. The average molecular weight is 324 g/mol. The van der Waals surface area contributed by atoms with Crippen LogP contribution in [0.15, 0.2) is 40.6 Å². The van der Waals surface area contributed by atoms with E-state index in [-0.39, 0.29) is 0 Å². The van der Waals surface area contributed by atoms with Gasteiger partial charge >= 0.3 is 0 Å². The fourth-order valence-corrected chi connectivity index (χ4v) is 4.35. The first-order chi connectivity index (χ1) is 9.92. The molecule has 0 saturated carbocycles. The number of thiophene rings is 1. The number of rotatable bonds is 6. The first-order valence-corrected chi connectivity index (χ1v) is 9.14. The predicted molar refractivity (Wildman–Crippen MR) is 88.4 cm³/mol. The SMILES string of the molecule is CC(C)c1ccc(NS(=O)(=O)c2ccc(CCN)s2)cc1. The molecule has 0 amide bonds. The summed E-state index contributed by atoms with van der Waals surface area (Å²) in [4.78, 5) is 0.980. The Hall–Kier alpha value is -1.37. The van der Waals surface area contributed by atoms with E-state index < -0.39 is 10.0 Å². The molecule has 0 aliphatic carbocycles. The van der Waals surface area contributed by atoms with Gasteiger partial charge in [-0.05, 0) is 48.7 Å². The lowest BCUT2D eigenvalue weighted by Gasteiger charge is -2.09. The van der Waals surface area contributed by atoms with Crippen LogP contribution in [0.2, 0.25) is 0 Å². The van der Waals surface area contributed by atoms with Crippen LogP contribution in [0.4, 0.5) is 5.69 Å². The van der Waals surface area contributed by atoms with Crippen molar-refractivity contribution in [3.05, 3.63) is 46.8 Å². The number of anilines is 1. The molecule has 0 fully saturated rings. The molecule has 2 aromatic rings. The van der Waals surface area contributed by atoms with Gasteiger partial charge in [0.05, 0.1) is 0 Å². The lowest BCUT2D eigenvalue weighted by Crippen LogP contribution is -2.11. The van der Waals surface area contributed by atoms with Crippen molar-refractivity contribution in [1.29, 1.82) is 0 Å². The molecule has 114 valence electrons. The highest BCUT2D eigenvalue weighted by Crippen LogP contribution is 2.25. The van der Waals surface area contributed by atoms with Gasteiger partial charge in [0.15, 0.2) is 0 Å². The molecule has 1 aromatic heterocycles. The summed E-state index contributed by atoms with van der Waals surface area (Å²) in [6.45, 7) is 4.72. The van der Waals surface area contributed by atoms with Gasteiger partial charge in [-0.2, -0.15) is 0 Å². The molecule has 1 aromatic carbocycles. The van der Waals surface area contributed by atoms with Crippen molar-refractivity contribution >= 4 is 27.0 Å². The minimum Gasteiger partial charge on any atom is -0.330 e. The second-order valence-corrected chi connectivity index (χ2v) is 8.22. The van der Waals surface area contributed by atoms with Crippen LogP contribution in [0, 0.1) is 0 Å². The van der Waals surface area contributed by atoms with Crippen molar-refractivity contribution in [2.45, 2.75) is 30.4 Å². The summed E-state index contributed by atoms with van der Waals surface area (Å²) in [5, 5.41) is 0. The highest BCUT2D eigenvalue weighted by atomic mass is 32.2. The zero-order valence-electron chi connectivity index (χ0n) is 12.2. The Balaban J connectivity index is 2.16. The number of nitrogens with two attached hydrogens (primary N) is 1. The van der Waals surface area contributed by atoms with E-state index in [1.54, 1.807) is 18.2 Å². The maximum atomic E-state index is 12.3. The standard InChI is InChI=1S/C15H20N2O2S2/c1-11(2)12-3-5-13(6-4-12)17-21(18,19)15-8-7-14(20-15)9-10-16/h3-8,11,17H,9-10,16H2,1-2H3. The smallest absolute Gasteiger partial charge is 0.271 e. The Morgan fingerprint density at radius 1 is 1.14 bits per heavy atom. The Kier molecular flexibility index (Phi) is 5.03. The summed E-state index contributed by atoms with van der Waals surface area (Å²) in [6, 6.07) is 10.9. The molecular formula is C15H20N2O2S2. The van der Waals surface area contributed by atoms with Gasteiger partial charge in [0, 0.05) is 10.6 Å². The van der Waals surface area contributed by atoms with E-state index in [1.165, 1.54) is 16.9 Å². The predicted octanol–water partition coefficient (Wildman–Crippen LogP) is 3.17. The zero-order valence-corrected chi connectivity index (χ0v) is 13.8. The van der Waals surface area contributed by atoms with Gasteiger partial charge in [0.2, 0.25) is 0 Å². The first-order valence-electron chi connectivity index (χ1n) is 6.84. The third kappa shape index (κ3) is 4.06. The fourth-order valence-electron chi connectivity index (χ4n) is 1.92. The van der Waals surface area contributed by atoms with Gasteiger partial charge in [-0.15, -0.1) is 11.3 Å². The van der Waals surface area contributed by atoms with Crippen LogP contribution in [0.25, 0.3) is 0 Å². The van der Waals surface area contributed by atoms with Crippen LogP contribution in [0.5, 0.6) is 0 Å². The second kappa shape index (κ2) is 6.60. The molecule has 6 heteroatoms. The molecule has 0 aliphatic heterocycles. The molecule has 1 heterocycles. The summed E-state index contributed by atoms with van der Waals surface area (Å²) in [6.07, 6.45) is 0.698. The summed E-state index contributed by atoms with van der Waals surface area (Å²) in [5.74, 6) is 0.423. The minimum absolute atomic E-state index is 0.318. The molecule has 3 N–H and O–H groups in total. The molecule has 4 nitrogen and oxygen atoms in total. The number of benzene rings is 1. The van der Waals surface area contributed by atoms with Crippen LogP contribution in [-0.2, 0) is 16.4 Å². The van der Waals surface area contributed by atoms with Gasteiger partial charge in [0.25, 0.3) is 10.0 Å². The molecule has 0 spiro atoms. The van der Waals surface area contributed by atoms with Crippen molar-refractivity contribution in [2.75, 3.05) is 11.3 Å². The number of hydrogen-bond donors (Lipinski definition) is 2. The Morgan fingerprint density at radius 2 is 1.81 bits per heavy atom. The molecule has 0 radical (unpaired) electrons. The lowest BCUT2D eigenvalue weighted by atomic mass is 10.0. The summed E-state index contributed by atoms with van der Waals surface area (Å²) >= 11 is 1.26. The van der Waals surface area contributed by atoms with Crippen LogP contribution in [0.1, 0.15) is 30.2 Å². The lowest BCUT2D eigenvalue weighted by molar-refractivity contribution is 0.603. The van der Waals surface area contributed by atoms with Gasteiger partial charge in [-0.3, -0.25) is 4.72 Å². The molecule has 0 aliphatic rings. The summed E-state index contributed by atoms with van der Waals surface area (Å²) in [7, 11) is -3.52. The Labute approximate surface area is 130 Å². The van der Waals surface area contributed by atoms with E-state index in [0.29, 0.717) is 28.8 Å². The van der Waals surface area contributed by atoms with E-state index in [4.69, 9.17) is 5.73 Å². The van der Waals surface area contributed by atoms with E-state index in [0.717, 1.165) is 4.88 Å². The largest absolute Gasteiger partial charge is 0.330 e. The molecule has 0 saturated heterocycles. The third-order valence-electron chi connectivity index (χ3n) is 3.12. The van der Waals surface area contributed by atoms with Gasteiger partial charge in [-0.25, -0.2) is 8.42 Å². The molecule has 21 heavy (non-hydrogen) atoms. The maximum absolute atomic E-state index is 12.3. The molecular weight excluding hydrogens is 304 g/mol. The van der Waals surface area contributed by atoms with Crippen molar-refractivity contribution in [2.24, 2.45) is 5.73 Å². The summed E-state index contributed by atoms with van der Waals surface area (Å²) < 4.78 is 27.5. The van der Waals surface area contributed by atoms with Crippen LogP contribution < -0.4 is 10.5 Å². The molecule has 0 unspecified atom stereocenters. The minimum atomic E-state index is -3.52. The topological polar surface area (TPSA) is 72.2 Å². The van der Waals surface area contributed by atoms with Crippen molar-refractivity contribution in [1.82, 2.24) is 0 Å². The monoisotopic (exact) mass is 324 g/mol.